The molecule has 1 amide bonds. The molecule has 27 heavy (non-hydrogen) atoms. The van der Waals surface area contributed by atoms with Crippen LogP contribution in [0.2, 0.25) is 0 Å². The number of carbonyl (C=O) groups excluding carboxylic acids is 1. The molecule has 0 atom stereocenters. The van der Waals surface area contributed by atoms with Crippen molar-refractivity contribution in [1.29, 1.82) is 0 Å². The molecular formula is C18H23N5O4. The summed E-state index contributed by atoms with van der Waals surface area (Å²) >= 11 is 0. The fraction of sp³-hybridized carbons (Fsp3) is 0.500. The number of piperidine rings is 1. The number of carbonyl (C=O) groups is 1. The van der Waals surface area contributed by atoms with Gasteiger partial charge in [0.2, 0.25) is 11.8 Å². The van der Waals surface area contributed by atoms with Gasteiger partial charge in [-0.3, -0.25) is 14.9 Å². The summed E-state index contributed by atoms with van der Waals surface area (Å²) < 4.78 is 5.23. The topological polar surface area (TPSA) is 114 Å². The number of nitrogens with zero attached hydrogens (tertiary/aromatic N) is 4. The number of likely N-dealkylation sites (tertiary alicyclic amines) is 1. The van der Waals surface area contributed by atoms with Crippen LogP contribution in [-0.4, -0.2) is 45.5 Å². The Bertz CT molecular complexity index is 781. The van der Waals surface area contributed by atoms with Crippen LogP contribution in [0.3, 0.4) is 0 Å². The highest BCUT2D eigenvalue weighted by molar-refractivity contribution is 5.76. The van der Waals surface area contributed by atoms with E-state index in [0.717, 1.165) is 18.5 Å². The van der Waals surface area contributed by atoms with E-state index in [9.17, 15) is 14.9 Å². The lowest BCUT2D eigenvalue weighted by Crippen LogP contribution is -2.38. The van der Waals surface area contributed by atoms with Crippen molar-refractivity contribution >= 4 is 17.3 Å². The summed E-state index contributed by atoms with van der Waals surface area (Å²) in [5.74, 6) is 1.70. The molecule has 0 radical (unpaired) electrons. The van der Waals surface area contributed by atoms with Gasteiger partial charge in [0.15, 0.2) is 5.82 Å². The Morgan fingerprint density at radius 3 is 2.63 bits per heavy atom. The van der Waals surface area contributed by atoms with Gasteiger partial charge in [-0.2, -0.15) is 4.98 Å². The number of aryl methyl sites for hydroxylation is 1. The highest BCUT2D eigenvalue weighted by atomic mass is 16.6. The van der Waals surface area contributed by atoms with Crippen molar-refractivity contribution in [1.82, 2.24) is 15.0 Å². The van der Waals surface area contributed by atoms with Gasteiger partial charge in [0.1, 0.15) is 0 Å². The summed E-state index contributed by atoms with van der Waals surface area (Å²) in [7, 11) is 0. The number of non-ortho nitro benzene ring substituents is 1. The highest BCUT2D eigenvalue weighted by Crippen LogP contribution is 2.27. The van der Waals surface area contributed by atoms with E-state index in [1.807, 2.05) is 4.90 Å². The summed E-state index contributed by atoms with van der Waals surface area (Å²) in [6.07, 6.45) is 2.87. The van der Waals surface area contributed by atoms with Gasteiger partial charge in [-0.15, -0.1) is 0 Å². The number of nitro groups is 1. The van der Waals surface area contributed by atoms with Crippen molar-refractivity contribution in [3.63, 3.8) is 0 Å². The molecule has 0 unspecified atom stereocenters. The van der Waals surface area contributed by atoms with E-state index in [1.165, 1.54) is 12.1 Å². The van der Waals surface area contributed by atoms with Crippen LogP contribution in [0.15, 0.2) is 28.8 Å². The second-order valence-electron chi connectivity index (χ2n) is 6.67. The molecule has 2 aromatic rings. The van der Waals surface area contributed by atoms with Crippen molar-refractivity contribution in [2.45, 2.75) is 38.5 Å². The average Bonchev–Trinajstić information content (AvgIpc) is 3.12. The van der Waals surface area contributed by atoms with E-state index < -0.39 is 4.92 Å². The summed E-state index contributed by atoms with van der Waals surface area (Å²) in [5, 5.41) is 17.6. The lowest BCUT2D eigenvalue weighted by atomic mass is 9.96. The largest absolute Gasteiger partial charge is 0.385 e. The lowest BCUT2D eigenvalue weighted by molar-refractivity contribution is -0.384. The second-order valence-corrected chi connectivity index (χ2v) is 6.67. The number of aromatic nitrogens is 2. The Labute approximate surface area is 156 Å². The standard InChI is InChI=1S/C18H23N5O4/c1-13-20-18(27-21-13)14-8-11-22(12-9-14)17(24)3-2-10-19-15-4-6-16(7-5-15)23(25)26/h4-7,14,19H,2-3,8-12H2,1H3. The molecule has 9 nitrogen and oxygen atoms in total. The fourth-order valence-corrected chi connectivity index (χ4v) is 3.19. The van der Waals surface area contributed by atoms with Gasteiger partial charge in [-0.25, -0.2) is 0 Å². The minimum absolute atomic E-state index is 0.0646. The average molecular weight is 373 g/mol. The monoisotopic (exact) mass is 373 g/mol. The minimum atomic E-state index is -0.425. The van der Waals surface area contributed by atoms with Crippen LogP contribution >= 0.6 is 0 Å². The number of benzene rings is 1. The predicted octanol–water partition coefficient (Wildman–Crippen LogP) is 2.88. The minimum Gasteiger partial charge on any atom is -0.385 e. The molecule has 1 N–H and O–H groups in total. The van der Waals surface area contributed by atoms with Crippen molar-refractivity contribution in [3.05, 3.63) is 46.1 Å². The first kappa shape index (κ1) is 18.8. The van der Waals surface area contributed by atoms with Gasteiger partial charge < -0.3 is 14.7 Å². The van der Waals surface area contributed by atoms with Gasteiger partial charge in [0.25, 0.3) is 5.69 Å². The van der Waals surface area contributed by atoms with Crippen molar-refractivity contribution in [3.8, 4) is 0 Å². The van der Waals surface area contributed by atoms with Crippen molar-refractivity contribution in [2.24, 2.45) is 0 Å². The Balaban J connectivity index is 1.35. The van der Waals surface area contributed by atoms with Crippen LogP contribution in [-0.2, 0) is 4.79 Å². The number of amides is 1. The van der Waals surface area contributed by atoms with Crippen LogP contribution in [0.1, 0.15) is 43.3 Å². The SMILES string of the molecule is Cc1noc(C2CCN(C(=O)CCCNc3ccc([N+](=O)[O-])cc3)CC2)n1. The summed E-state index contributed by atoms with van der Waals surface area (Å²) in [6, 6.07) is 6.26. The van der Waals surface area contributed by atoms with E-state index in [0.29, 0.717) is 44.2 Å². The number of hydrogen-bond acceptors (Lipinski definition) is 7. The zero-order valence-electron chi connectivity index (χ0n) is 15.3. The molecule has 2 heterocycles. The van der Waals surface area contributed by atoms with Gasteiger partial charge >= 0.3 is 0 Å². The summed E-state index contributed by atoms with van der Waals surface area (Å²) in [5.41, 5.74) is 0.874. The third kappa shape index (κ3) is 5.02. The number of nitro benzene ring substituents is 1. The van der Waals surface area contributed by atoms with Crippen molar-refractivity contribution in [2.75, 3.05) is 25.0 Å². The Hall–Kier alpha value is -2.97. The molecular weight excluding hydrogens is 350 g/mol. The molecule has 9 heteroatoms. The Morgan fingerprint density at radius 1 is 1.33 bits per heavy atom. The molecule has 1 saturated heterocycles. The molecule has 1 fully saturated rings. The zero-order chi connectivity index (χ0) is 19.2. The first-order chi connectivity index (χ1) is 13.0. The quantitative estimate of drug-likeness (QED) is 0.451. The molecule has 1 aromatic carbocycles. The maximum absolute atomic E-state index is 12.3. The van der Waals surface area contributed by atoms with Crippen LogP contribution < -0.4 is 5.32 Å². The van der Waals surface area contributed by atoms with Crippen LogP contribution in [0.25, 0.3) is 0 Å². The third-order valence-corrected chi connectivity index (χ3v) is 4.71. The maximum Gasteiger partial charge on any atom is 0.269 e. The number of nitrogens with one attached hydrogen (secondary N) is 1. The van der Waals surface area contributed by atoms with Crippen LogP contribution in [0.5, 0.6) is 0 Å². The third-order valence-electron chi connectivity index (χ3n) is 4.71. The maximum atomic E-state index is 12.3. The van der Waals surface area contributed by atoms with Gasteiger partial charge in [-0.05, 0) is 38.3 Å². The molecule has 0 saturated carbocycles. The fourth-order valence-electron chi connectivity index (χ4n) is 3.19. The lowest BCUT2D eigenvalue weighted by Gasteiger charge is -2.30. The normalized spacial score (nSPS) is 14.9. The molecule has 1 aliphatic rings. The van der Waals surface area contributed by atoms with E-state index >= 15 is 0 Å². The van der Waals surface area contributed by atoms with Crippen LogP contribution in [0, 0.1) is 17.0 Å². The number of rotatable bonds is 7. The predicted molar refractivity (Wildman–Crippen MR) is 98.4 cm³/mol. The Kier molecular flexibility index (Phi) is 6.00. The van der Waals surface area contributed by atoms with E-state index in [1.54, 1.807) is 19.1 Å². The molecule has 1 aliphatic heterocycles. The summed E-state index contributed by atoms with van der Waals surface area (Å²) in [4.78, 5) is 28.7. The second kappa shape index (κ2) is 8.61. The van der Waals surface area contributed by atoms with Crippen LogP contribution in [0.4, 0.5) is 11.4 Å². The van der Waals surface area contributed by atoms with E-state index in [4.69, 9.17) is 4.52 Å². The molecule has 0 bridgehead atoms. The molecule has 0 spiro atoms. The van der Waals surface area contributed by atoms with Gasteiger partial charge in [0, 0.05) is 49.8 Å². The summed E-state index contributed by atoms with van der Waals surface area (Å²) in [6.45, 7) is 3.86. The molecule has 3 rings (SSSR count). The van der Waals surface area contributed by atoms with E-state index in [-0.39, 0.29) is 17.5 Å². The molecule has 144 valence electrons. The molecule has 0 aliphatic carbocycles. The van der Waals surface area contributed by atoms with E-state index in [2.05, 4.69) is 15.5 Å². The smallest absolute Gasteiger partial charge is 0.269 e. The zero-order valence-corrected chi connectivity index (χ0v) is 15.3. The first-order valence-corrected chi connectivity index (χ1v) is 9.09. The number of anilines is 1. The first-order valence-electron chi connectivity index (χ1n) is 9.09. The van der Waals surface area contributed by atoms with Gasteiger partial charge in [0.05, 0.1) is 4.92 Å². The highest BCUT2D eigenvalue weighted by Gasteiger charge is 2.26. The number of hydrogen-bond donors (Lipinski definition) is 1. The molecule has 1 aromatic heterocycles. The van der Waals surface area contributed by atoms with Gasteiger partial charge in [-0.1, -0.05) is 5.16 Å². The van der Waals surface area contributed by atoms with Crippen molar-refractivity contribution < 1.29 is 14.2 Å². The Morgan fingerprint density at radius 2 is 2.04 bits per heavy atom.